The van der Waals surface area contributed by atoms with Gasteiger partial charge in [-0.2, -0.15) is 0 Å². The van der Waals surface area contributed by atoms with Gasteiger partial charge in [0.15, 0.2) is 24.6 Å². The number of rotatable bonds is 12. The van der Waals surface area contributed by atoms with Crippen LogP contribution in [0.4, 0.5) is 0 Å². The predicted molar refractivity (Wildman–Crippen MR) is 166 cm³/mol. The fourth-order valence-corrected chi connectivity index (χ4v) is 6.95. The molecule has 1 aliphatic carbocycles. The third-order valence-corrected chi connectivity index (χ3v) is 8.86. The lowest BCUT2D eigenvalue weighted by molar-refractivity contribution is -0.357. The zero-order valence-electron chi connectivity index (χ0n) is 29.3. The number of esters is 7. The highest BCUT2D eigenvalue weighted by Crippen LogP contribution is 2.61. The predicted octanol–water partition coefficient (Wildman–Crippen LogP) is 0.930. The Morgan fingerprint density at radius 3 is 1.90 bits per heavy atom. The van der Waals surface area contributed by atoms with Gasteiger partial charge in [-0.05, 0) is 30.7 Å². The van der Waals surface area contributed by atoms with Gasteiger partial charge in [-0.25, -0.2) is 4.79 Å². The van der Waals surface area contributed by atoms with Crippen molar-refractivity contribution in [2.75, 3.05) is 19.8 Å². The summed E-state index contributed by atoms with van der Waals surface area (Å²) < 4.78 is 62.7. The maximum atomic E-state index is 13.3. The van der Waals surface area contributed by atoms with E-state index in [1.54, 1.807) is 0 Å². The van der Waals surface area contributed by atoms with E-state index >= 15 is 0 Å². The molecule has 3 aliphatic heterocycles. The van der Waals surface area contributed by atoms with Crippen molar-refractivity contribution in [3.8, 4) is 5.75 Å². The Kier molecular flexibility index (Phi) is 11.8. The number of hydrogen-bond donors (Lipinski definition) is 0. The summed E-state index contributed by atoms with van der Waals surface area (Å²) in [4.78, 5) is 85.1. The topological polar surface area (TPSA) is 224 Å². The smallest absolute Gasteiger partial charge is 0.338 e. The fourth-order valence-electron chi connectivity index (χ4n) is 6.95. The summed E-state index contributed by atoms with van der Waals surface area (Å²) in [5, 5.41) is 0. The molecule has 4 fully saturated rings. The summed E-state index contributed by atoms with van der Waals surface area (Å²) in [6.07, 6.45) is -9.76. The molecule has 11 atom stereocenters. The summed E-state index contributed by atoms with van der Waals surface area (Å²) in [7, 11) is 0. The van der Waals surface area contributed by atoms with Gasteiger partial charge in [-0.15, -0.1) is 0 Å². The molecule has 0 aromatic heterocycles. The highest BCUT2D eigenvalue weighted by atomic mass is 16.8. The van der Waals surface area contributed by atoms with E-state index in [2.05, 4.69) is 0 Å². The van der Waals surface area contributed by atoms with E-state index in [0.717, 1.165) is 27.7 Å². The number of epoxide rings is 1. The summed E-state index contributed by atoms with van der Waals surface area (Å²) in [5.41, 5.74) is -1.06. The van der Waals surface area contributed by atoms with Crippen molar-refractivity contribution < 1.29 is 85.7 Å². The maximum Gasteiger partial charge on any atom is 0.338 e. The first-order valence-electron chi connectivity index (χ1n) is 16.5. The van der Waals surface area contributed by atoms with E-state index in [0.29, 0.717) is 6.42 Å². The molecule has 0 spiro atoms. The summed E-state index contributed by atoms with van der Waals surface area (Å²) in [6, 6.07) is 5.76. The number of benzene rings is 1. The number of ether oxygens (including phenoxy) is 11. The first kappa shape index (κ1) is 38.6. The molecule has 0 radical (unpaired) electrons. The molecule has 1 aromatic rings. The Labute approximate surface area is 297 Å². The van der Waals surface area contributed by atoms with Crippen molar-refractivity contribution in [1.82, 2.24) is 0 Å². The van der Waals surface area contributed by atoms with Crippen LogP contribution in [-0.2, 0) is 76.1 Å². The van der Waals surface area contributed by atoms with Gasteiger partial charge in [0.2, 0.25) is 6.29 Å². The fraction of sp³-hybridized carbons (Fsp3) is 0.618. The second-order valence-electron chi connectivity index (χ2n) is 12.7. The summed E-state index contributed by atoms with van der Waals surface area (Å²) in [5.74, 6) is -5.95. The molecular weight excluding hydrogens is 696 g/mol. The largest absolute Gasteiger partial charge is 0.463 e. The molecular formula is C34H40O18. The van der Waals surface area contributed by atoms with E-state index in [4.69, 9.17) is 52.1 Å². The minimum atomic E-state index is -1.58. The zero-order valence-corrected chi connectivity index (χ0v) is 29.3. The van der Waals surface area contributed by atoms with Crippen LogP contribution in [0.25, 0.3) is 0 Å². The molecule has 5 rings (SSSR count). The van der Waals surface area contributed by atoms with Crippen LogP contribution in [-0.4, -0.2) is 116 Å². The van der Waals surface area contributed by atoms with Gasteiger partial charge < -0.3 is 52.1 Å². The lowest BCUT2D eigenvalue weighted by Gasteiger charge is -2.46. The summed E-state index contributed by atoms with van der Waals surface area (Å²) >= 11 is 0. The quantitative estimate of drug-likeness (QED) is 0.126. The second-order valence-corrected chi connectivity index (χ2v) is 12.7. The maximum absolute atomic E-state index is 13.3. The monoisotopic (exact) mass is 736 g/mol. The van der Waals surface area contributed by atoms with E-state index < -0.39 is 115 Å². The van der Waals surface area contributed by atoms with Gasteiger partial charge in [-0.1, -0.05) is 0 Å². The molecule has 0 bridgehead atoms. The average molecular weight is 737 g/mol. The summed E-state index contributed by atoms with van der Waals surface area (Å²) in [6.45, 7) is 6.28. The molecule has 52 heavy (non-hydrogen) atoms. The molecule has 3 heterocycles. The van der Waals surface area contributed by atoms with Crippen molar-refractivity contribution >= 4 is 41.8 Å². The lowest BCUT2D eigenvalue weighted by Crippen LogP contribution is -2.64. The first-order chi connectivity index (χ1) is 24.6. The van der Waals surface area contributed by atoms with Crippen LogP contribution in [0.3, 0.4) is 0 Å². The van der Waals surface area contributed by atoms with Gasteiger partial charge >= 0.3 is 41.8 Å². The molecule has 0 N–H and O–H groups in total. The third kappa shape index (κ3) is 8.68. The van der Waals surface area contributed by atoms with Crippen LogP contribution in [0.5, 0.6) is 5.75 Å². The Hall–Kier alpha value is -4.65. The molecule has 3 saturated heterocycles. The Bertz CT molecular complexity index is 1560. The molecule has 284 valence electrons. The molecule has 18 nitrogen and oxygen atoms in total. The van der Waals surface area contributed by atoms with Crippen molar-refractivity contribution in [1.29, 1.82) is 0 Å². The van der Waals surface area contributed by atoms with Gasteiger partial charge in [0, 0.05) is 47.5 Å². The number of carbonyl (C=O) groups is 7. The Morgan fingerprint density at radius 2 is 1.31 bits per heavy atom. The number of fused-ring (bicyclic) bond motifs is 3. The molecule has 18 heteroatoms. The molecule has 1 aromatic carbocycles. The van der Waals surface area contributed by atoms with Crippen LogP contribution in [0.2, 0.25) is 0 Å². The molecule has 4 aliphatic rings. The lowest BCUT2D eigenvalue weighted by atomic mass is 9.83. The first-order valence-corrected chi connectivity index (χ1v) is 16.5. The van der Waals surface area contributed by atoms with Crippen molar-refractivity contribution in [2.45, 2.75) is 103 Å². The van der Waals surface area contributed by atoms with Crippen molar-refractivity contribution in [3.05, 3.63) is 29.8 Å². The number of hydrogen-bond acceptors (Lipinski definition) is 18. The van der Waals surface area contributed by atoms with E-state index in [1.165, 1.54) is 38.1 Å². The third-order valence-electron chi connectivity index (χ3n) is 8.86. The van der Waals surface area contributed by atoms with Gasteiger partial charge in [0.25, 0.3) is 0 Å². The van der Waals surface area contributed by atoms with Gasteiger partial charge in [-0.3, -0.25) is 28.8 Å². The van der Waals surface area contributed by atoms with Crippen LogP contribution < -0.4 is 4.74 Å². The standard InChI is InChI=1S/C34H40O18/c1-15(35)43-13-24-27(46-18(4)38)28(47-19(5)39)29(48-20(6)40)33(49-24)51-32-25-23(11-12-42-32)26(30-34(25,52-30)14-44-16(2)36)50-31(41)21-7-9-22(10-8-21)45-17(3)37/h7-10,23-30,32-33H,11-14H2,1-6H3/t23-,24-,25-,26+,27-,28+,29-,30+,32+,33+,34-/m1/s1. The average Bonchev–Trinajstić information content (AvgIpc) is 3.72. The molecule has 0 amide bonds. The van der Waals surface area contributed by atoms with E-state index in [1.807, 2.05) is 0 Å². The zero-order chi connectivity index (χ0) is 37.9. The number of carbonyl (C=O) groups excluding carboxylic acids is 7. The molecule has 0 unspecified atom stereocenters. The minimum Gasteiger partial charge on any atom is -0.463 e. The van der Waals surface area contributed by atoms with E-state index in [-0.39, 0.29) is 24.5 Å². The highest BCUT2D eigenvalue weighted by Gasteiger charge is 2.78. The Balaban J connectivity index is 1.44. The van der Waals surface area contributed by atoms with Crippen molar-refractivity contribution in [2.24, 2.45) is 11.8 Å². The Morgan fingerprint density at radius 1 is 0.692 bits per heavy atom. The van der Waals surface area contributed by atoms with Crippen LogP contribution in [0.15, 0.2) is 24.3 Å². The SMILES string of the molecule is CC(=O)OC[C@H]1O[C@@H](O[C@@H]2OCC[C@H]3[C@H](OC(=O)c4ccc(OC(C)=O)cc4)[C@@H]4O[C@]4(COC(C)=O)[C@@H]23)[C@H](OC(C)=O)[C@@H](OC(C)=O)[C@@H]1OC(C)=O. The highest BCUT2D eigenvalue weighted by molar-refractivity contribution is 5.90. The second kappa shape index (κ2) is 15.9. The molecule has 1 saturated carbocycles. The van der Waals surface area contributed by atoms with E-state index in [9.17, 15) is 33.6 Å². The van der Waals surface area contributed by atoms with Crippen LogP contribution in [0, 0.1) is 11.8 Å². The van der Waals surface area contributed by atoms with Gasteiger partial charge in [0.1, 0.15) is 42.9 Å². The van der Waals surface area contributed by atoms with Crippen molar-refractivity contribution in [3.63, 3.8) is 0 Å². The van der Waals surface area contributed by atoms with Crippen LogP contribution >= 0.6 is 0 Å². The van der Waals surface area contributed by atoms with Crippen LogP contribution in [0.1, 0.15) is 58.3 Å². The normalized spacial score (nSPS) is 32.9. The van der Waals surface area contributed by atoms with Gasteiger partial charge in [0.05, 0.1) is 18.1 Å². The minimum absolute atomic E-state index is 0.0958.